The molecule has 25 heavy (non-hydrogen) atoms. The van der Waals surface area contributed by atoms with Crippen molar-refractivity contribution in [3.05, 3.63) is 59.7 Å². The van der Waals surface area contributed by atoms with E-state index in [1.54, 1.807) is 11.9 Å². The maximum Gasteiger partial charge on any atom is 0.253 e. The van der Waals surface area contributed by atoms with Gasteiger partial charge >= 0.3 is 0 Å². The summed E-state index contributed by atoms with van der Waals surface area (Å²) in [7, 11) is 1.80. The van der Waals surface area contributed by atoms with Gasteiger partial charge in [-0.05, 0) is 35.2 Å². The lowest BCUT2D eigenvalue weighted by Gasteiger charge is -2.29. The van der Waals surface area contributed by atoms with Gasteiger partial charge in [0, 0.05) is 12.6 Å². The monoisotopic (exact) mass is 339 g/mol. The van der Waals surface area contributed by atoms with E-state index in [0.717, 1.165) is 11.5 Å². The second-order valence-electron chi connectivity index (χ2n) is 7.51. The van der Waals surface area contributed by atoms with Gasteiger partial charge in [-0.2, -0.15) is 0 Å². The van der Waals surface area contributed by atoms with E-state index < -0.39 is 0 Å². The van der Waals surface area contributed by atoms with E-state index in [-0.39, 0.29) is 17.4 Å². The predicted octanol–water partition coefficient (Wildman–Crippen LogP) is 3.90. The number of amides is 1. The number of para-hydroxylation sites is 2. The molecule has 0 aromatic heterocycles. The second-order valence-corrected chi connectivity index (χ2v) is 7.51. The van der Waals surface area contributed by atoms with Crippen molar-refractivity contribution in [2.45, 2.75) is 32.3 Å². The van der Waals surface area contributed by atoms with Gasteiger partial charge in [-0.1, -0.05) is 45.0 Å². The Bertz CT molecular complexity index is 746. The largest absolute Gasteiger partial charge is 0.486 e. The Morgan fingerprint density at radius 3 is 2.36 bits per heavy atom. The van der Waals surface area contributed by atoms with Crippen molar-refractivity contribution in [1.29, 1.82) is 0 Å². The highest BCUT2D eigenvalue weighted by Gasteiger charge is 2.24. The van der Waals surface area contributed by atoms with Crippen molar-refractivity contribution in [2.24, 2.45) is 0 Å². The lowest BCUT2D eigenvalue weighted by atomic mass is 9.86. The number of nitrogens with zero attached hydrogens (tertiary/aromatic N) is 1. The van der Waals surface area contributed by atoms with Gasteiger partial charge in [-0.15, -0.1) is 0 Å². The molecule has 132 valence electrons. The van der Waals surface area contributed by atoms with E-state index in [4.69, 9.17) is 9.47 Å². The number of rotatable bonds is 3. The second kappa shape index (κ2) is 6.79. The summed E-state index contributed by atoms with van der Waals surface area (Å²) in [5.74, 6) is 1.47. The fourth-order valence-electron chi connectivity index (χ4n) is 2.87. The molecule has 1 aliphatic heterocycles. The van der Waals surface area contributed by atoms with Crippen LogP contribution in [0.5, 0.6) is 11.5 Å². The van der Waals surface area contributed by atoms with Gasteiger partial charge in [-0.25, -0.2) is 0 Å². The standard InChI is InChI=1S/C21H25NO3/c1-21(2,3)16-11-9-15(10-12-16)20(23)22(4)13-17-14-24-18-7-5-6-8-19(18)25-17/h5-12,17H,13-14H2,1-4H3. The SMILES string of the molecule is CN(CC1COc2ccccc2O1)C(=O)c1ccc(C(C)(C)C)cc1. The molecule has 1 unspecified atom stereocenters. The summed E-state index contributed by atoms with van der Waals surface area (Å²) in [5, 5.41) is 0. The molecule has 0 N–H and O–H groups in total. The van der Waals surface area contributed by atoms with Gasteiger partial charge in [-0.3, -0.25) is 4.79 Å². The van der Waals surface area contributed by atoms with Crippen LogP contribution in [-0.2, 0) is 5.41 Å². The molecule has 4 heteroatoms. The fourth-order valence-corrected chi connectivity index (χ4v) is 2.87. The molecule has 2 aromatic carbocycles. The lowest BCUT2D eigenvalue weighted by Crippen LogP contribution is -2.41. The van der Waals surface area contributed by atoms with Crippen molar-refractivity contribution >= 4 is 5.91 Å². The van der Waals surface area contributed by atoms with E-state index in [0.29, 0.717) is 18.7 Å². The Balaban J connectivity index is 1.63. The van der Waals surface area contributed by atoms with Crippen LogP contribution in [0.25, 0.3) is 0 Å². The zero-order valence-electron chi connectivity index (χ0n) is 15.3. The number of fused-ring (bicyclic) bond motifs is 1. The van der Waals surface area contributed by atoms with E-state index >= 15 is 0 Å². The summed E-state index contributed by atoms with van der Waals surface area (Å²) in [6.07, 6.45) is -0.169. The molecular weight excluding hydrogens is 314 g/mol. The Morgan fingerprint density at radius 1 is 1.08 bits per heavy atom. The molecule has 2 aromatic rings. The molecule has 0 aliphatic carbocycles. The van der Waals surface area contributed by atoms with E-state index in [2.05, 4.69) is 20.8 Å². The normalized spacial score (nSPS) is 16.4. The highest BCUT2D eigenvalue weighted by Crippen LogP contribution is 2.31. The third-order valence-corrected chi connectivity index (χ3v) is 4.39. The van der Waals surface area contributed by atoms with Crippen LogP contribution in [0.1, 0.15) is 36.7 Å². The summed E-state index contributed by atoms with van der Waals surface area (Å²) in [4.78, 5) is 14.3. The van der Waals surface area contributed by atoms with E-state index in [1.807, 2.05) is 48.5 Å². The quantitative estimate of drug-likeness (QED) is 0.851. The first-order valence-electron chi connectivity index (χ1n) is 8.59. The van der Waals surface area contributed by atoms with Crippen LogP contribution in [0.3, 0.4) is 0 Å². The van der Waals surface area contributed by atoms with Crippen molar-refractivity contribution in [3.8, 4) is 11.5 Å². The fraction of sp³-hybridized carbons (Fsp3) is 0.381. The number of carbonyl (C=O) groups excluding carboxylic acids is 1. The summed E-state index contributed by atoms with van der Waals surface area (Å²) in [6.45, 7) is 7.41. The van der Waals surface area contributed by atoms with E-state index in [9.17, 15) is 4.79 Å². The topological polar surface area (TPSA) is 38.8 Å². The molecule has 1 aliphatic rings. The molecule has 1 amide bonds. The first-order chi connectivity index (χ1) is 11.8. The molecular formula is C21H25NO3. The molecule has 3 rings (SSSR count). The maximum atomic E-state index is 12.7. The highest BCUT2D eigenvalue weighted by atomic mass is 16.6. The van der Waals surface area contributed by atoms with Gasteiger partial charge in [0.1, 0.15) is 6.61 Å². The third-order valence-electron chi connectivity index (χ3n) is 4.39. The summed E-state index contributed by atoms with van der Waals surface area (Å²) < 4.78 is 11.6. The van der Waals surface area contributed by atoms with Crippen molar-refractivity contribution < 1.29 is 14.3 Å². The third kappa shape index (κ3) is 3.95. The van der Waals surface area contributed by atoms with Crippen LogP contribution in [0.15, 0.2) is 48.5 Å². The molecule has 0 spiro atoms. The predicted molar refractivity (Wildman–Crippen MR) is 98.5 cm³/mol. The summed E-state index contributed by atoms with van der Waals surface area (Å²) >= 11 is 0. The molecule has 0 bridgehead atoms. The maximum absolute atomic E-state index is 12.7. The minimum absolute atomic E-state index is 0.0112. The van der Waals surface area contributed by atoms with Gasteiger partial charge in [0.25, 0.3) is 5.91 Å². The number of carbonyl (C=O) groups is 1. The number of likely N-dealkylation sites (N-methyl/N-ethyl adjacent to an activating group) is 1. The Morgan fingerprint density at radius 2 is 1.72 bits per heavy atom. The van der Waals surface area contributed by atoms with Crippen LogP contribution >= 0.6 is 0 Å². The van der Waals surface area contributed by atoms with Crippen LogP contribution in [-0.4, -0.2) is 37.1 Å². The van der Waals surface area contributed by atoms with Gasteiger partial charge in [0.2, 0.25) is 0 Å². The lowest BCUT2D eigenvalue weighted by molar-refractivity contribution is 0.0521. The smallest absolute Gasteiger partial charge is 0.253 e. The molecule has 0 fully saturated rings. The van der Waals surface area contributed by atoms with Crippen LogP contribution < -0.4 is 9.47 Å². The van der Waals surface area contributed by atoms with Crippen LogP contribution in [0.4, 0.5) is 0 Å². The van der Waals surface area contributed by atoms with Crippen molar-refractivity contribution in [2.75, 3.05) is 20.2 Å². The minimum atomic E-state index is -0.169. The zero-order valence-corrected chi connectivity index (χ0v) is 15.3. The van der Waals surface area contributed by atoms with E-state index in [1.165, 1.54) is 5.56 Å². The Hall–Kier alpha value is -2.49. The first kappa shape index (κ1) is 17.3. The van der Waals surface area contributed by atoms with Gasteiger partial charge in [0.15, 0.2) is 17.6 Å². The minimum Gasteiger partial charge on any atom is -0.486 e. The van der Waals surface area contributed by atoms with Crippen LogP contribution in [0, 0.1) is 0 Å². The van der Waals surface area contributed by atoms with Crippen molar-refractivity contribution in [1.82, 2.24) is 4.90 Å². The Labute approximate surface area is 149 Å². The Kier molecular flexibility index (Phi) is 4.71. The summed E-state index contributed by atoms with van der Waals surface area (Å²) in [5.41, 5.74) is 1.98. The first-order valence-corrected chi connectivity index (χ1v) is 8.59. The van der Waals surface area contributed by atoms with Gasteiger partial charge < -0.3 is 14.4 Å². The molecule has 0 saturated carbocycles. The zero-order chi connectivity index (χ0) is 18.0. The number of hydrogen-bond acceptors (Lipinski definition) is 3. The molecule has 1 atom stereocenters. The average molecular weight is 339 g/mol. The highest BCUT2D eigenvalue weighted by molar-refractivity contribution is 5.94. The average Bonchev–Trinajstić information content (AvgIpc) is 2.60. The molecule has 4 nitrogen and oxygen atoms in total. The number of ether oxygens (including phenoxy) is 2. The number of benzene rings is 2. The summed E-state index contributed by atoms with van der Waals surface area (Å²) in [6, 6.07) is 15.4. The molecule has 1 heterocycles. The van der Waals surface area contributed by atoms with Crippen molar-refractivity contribution in [3.63, 3.8) is 0 Å². The van der Waals surface area contributed by atoms with Gasteiger partial charge in [0.05, 0.1) is 6.54 Å². The van der Waals surface area contributed by atoms with Crippen LogP contribution in [0.2, 0.25) is 0 Å². The molecule has 0 saturated heterocycles. The molecule has 0 radical (unpaired) electrons. The number of hydrogen-bond donors (Lipinski definition) is 0.